The maximum absolute atomic E-state index is 13.7. The minimum Gasteiger partial charge on any atom is -0.494 e. The van der Waals surface area contributed by atoms with Gasteiger partial charge in [0.15, 0.2) is 11.6 Å². The number of halogens is 1. The average Bonchev–Trinajstić information content (AvgIpc) is 2.88. The summed E-state index contributed by atoms with van der Waals surface area (Å²) in [6, 6.07) is 4.69. The molecule has 0 aliphatic heterocycles. The van der Waals surface area contributed by atoms with Gasteiger partial charge in [-0.05, 0) is 29.2 Å². The van der Waals surface area contributed by atoms with E-state index >= 15 is 0 Å². The van der Waals surface area contributed by atoms with Gasteiger partial charge >= 0.3 is 0 Å². The normalized spacial score (nSPS) is 13.2. The molecule has 1 aromatic heterocycles. The second-order valence-electron chi connectivity index (χ2n) is 5.92. The smallest absolute Gasteiger partial charge is 0.165 e. The van der Waals surface area contributed by atoms with Crippen LogP contribution in [0.3, 0.4) is 0 Å². The van der Waals surface area contributed by atoms with Crippen LogP contribution >= 0.6 is 11.5 Å². The van der Waals surface area contributed by atoms with E-state index in [1.165, 1.54) is 24.7 Å². The lowest BCUT2D eigenvalue weighted by Crippen LogP contribution is -2.16. The van der Waals surface area contributed by atoms with Crippen molar-refractivity contribution in [3.05, 3.63) is 40.2 Å². The quantitative estimate of drug-likeness (QED) is 0.942. The molecule has 0 amide bonds. The highest BCUT2D eigenvalue weighted by atomic mass is 32.1. The number of hydrogen-bond donors (Lipinski definition) is 1. The molecule has 0 aliphatic carbocycles. The molecule has 0 aliphatic rings. The van der Waals surface area contributed by atoms with Crippen molar-refractivity contribution in [3.63, 3.8) is 0 Å². The summed E-state index contributed by atoms with van der Waals surface area (Å²) >= 11 is 1.19. The molecule has 0 bridgehead atoms. The van der Waals surface area contributed by atoms with Crippen molar-refractivity contribution in [1.82, 2.24) is 9.59 Å². The topological polar surface area (TPSA) is 55.2 Å². The zero-order valence-corrected chi connectivity index (χ0v) is 13.4. The standard InChI is InChI=1S/C15H19FN2O2S/c1-15(2,3)14-13(21-18-17-14)11(19)8-9-5-6-12(20-4)10(16)7-9/h5-7,11,19H,8H2,1-4H3. The van der Waals surface area contributed by atoms with Gasteiger partial charge in [0, 0.05) is 11.8 Å². The molecule has 1 atom stereocenters. The molecule has 0 saturated carbocycles. The summed E-state index contributed by atoms with van der Waals surface area (Å²) in [5, 5.41) is 14.5. The maximum atomic E-state index is 13.7. The fraction of sp³-hybridized carbons (Fsp3) is 0.467. The molecule has 114 valence electrons. The van der Waals surface area contributed by atoms with Gasteiger partial charge in [0.2, 0.25) is 0 Å². The maximum Gasteiger partial charge on any atom is 0.165 e. The van der Waals surface area contributed by atoms with Crippen LogP contribution in [-0.4, -0.2) is 21.8 Å². The van der Waals surface area contributed by atoms with Crippen molar-refractivity contribution in [3.8, 4) is 5.75 Å². The Balaban J connectivity index is 2.21. The molecular formula is C15H19FN2O2S. The molecule has 2 rings (SSSR count). The zero-order chi connectivity index (χ0) is 15.6. The Morgan fingerprint density at radius 1 is 1.38 bits per heavy atom. The molecule has 6 heteroatoms. The summed E-state index contributed by atoms with van der Waals surface area (Å²) in [4.78, 5) is 0.735. The Morgan fingerprint density at radius 3 is 2.67 bits per heavy atom. The lowest BCUT2D eigenvalue weighted by atomic mass is 9.89. The van der Waals surface area contributed by atoms with Gasteiger partial charge in [0.1, 0.15) is 0 Å². The highest BCUT2D eigenvalue weighted by Gasteiger charge is 2.26. The summed E-state index contributed by atoms with van der Waals surface area (Å²) in [7, 11) is 1.42. The first kappa shape index (κ1) is 15.9. The van der Waals surface area contributed by atoms with E-state index in [4.69, 9.17) is 4.74 Å². The first-order chi connectivity index (χ1) is 9.82. The van der Waals surface area contributed by atoms with Gasteiger partial charge in [-0.1, -0.05) is 31.3 Å². The van der Waals surface area contributed by atoms with Gasteiger partial charge in [-0.15, -0.1) is 5.10 Å². The lowest BCUT2D eigenvalue weighted by molar-refractivity contribution is 0.179. The van der Waals surface area contributed by atoms with Crippen molar-refractivity contribution in [2.75, 3.05) is 7.11 Å². The van der Waals surface area contributed by atoms with E-state index in [0.29, 0.717) is 12.0 Å². The summed E-state index contributed by atoms with van der Waals surface area (Å²) in [5.41, 5.74) is 1.30. The largest absolute Gasteiger partial charge is 0.494 e. The highest BCUT2D eigenvalue weighted by Crippen LogP contribution is 2.32. The fourth-order valence-corrected chi connectivity index (χ4v) is 2.94. The Hall–Kier alpha value is -1.53. The van der Waals surface area contributed by atoms with E-state index < -0.39 is 11.9 Å². The molecular weight excluding hydrogens is 291 g/mol. The average molecular weight is 310 g/mol. The van der Waals surface area contributed by atoms with Gasteiger partial charge in [0.25, 0.3) is 0 Å². The summed E-state index contributed by atoms with van der Waals surface area (Å²) in [6.07, 6.45) is -0.430. The first-order valence-corrected chi connectivity index (χ1v) is 7.43. The third kappa shape index (κ3) is 3.57. The van der Waals surface area contributed by atoms with Crippen LogP contribution in [0.25, 0.3) is 0 Å². The molecule has 0 radical (unpaired) electrons. The van der Waals surface area contributed by atoms with Crippen LogP contribution in [0.2, 0.25) is 0 Å². The number of benzene rings is 1. The van der Waals surface area contributed by atoms with E-state index in [2.05, 4.69) is 9.59 Å². The summed E-state index contributed by atoms with van der Waals surface area (Å²) in [6.45, 7) is 6.06. The molecule has 0 spiro atoms. The van der Waals surface area contributed by atoms with Gasteiger partial charge in [-0.2, -0.15) is 0 Å². The van der Waals surface area contributed by atoms with E-state index in [1.807, 2.05) is 20.8 Å². The van der Waals surface area contributed by atoms with Gasteiger partial charge in [0.05, 0.1) is 23.8 Å². The SMILES string of the molecule is COc1ccc(CC(O)c2snnc2C(C)(C)C)cc1F. The number of hydrogen-bond acceptors (Lipinski definition) is 5. The van der Waals surface area contributed by atoms with Crippen LogP contribution in [0.1, 0.15) is 43.0 Å². The monoisotopic (exact) mass is 310 g/mol. The lowest BCUT2D eigenvalue weighted by Gasteiger charge is -2.19. The molecule has 4 nitrogen and oxygen atoms in total. The predicted molar refractivity (Wildman–Crippen MR) is 80.2 cm³/mol. The number of ether oxygens (including phenoxy) is 1. The van der Waals surface area contributed by atoms with Crippen molar-refractivity contribution in [2.24, 2.45) is 0 Å². The summed E-state index contributed by atoms with van der Waals surface area (Å²) in [5.74, 6) is -0.233. The number of aliphatic hydroxyl groups excluding tert-OH is 1. The molecule has 1 N–H and O–H groups in total. The van der Waals surface area contributed by atoms with Crippen molar-refractivity contribution >= 4 is 11.5 Å². The number of nitrogens with zero attached hydrogens (tertiary/aromatic N) is 2. The first-order valence-electron chi connectivity index (χ1n) is 6.66. The van der Waals surface area contributed by atoms with Crippen LogP contribution in [0.15, 0.2) is 18.2 Å². The Bertz CT molecular complexity index is 622. The van der Waals surface area contributed by atoms with Gasteiger partial charge in [-0.3, -0.25) is 0 Å². The fourth-order valence-electron chi connectivity index (χ4n) is 2.09. The molecule has 2 aromatic rings. The van der Waals surface area contributed by atoms with Crippen molar-refractivity contribution < 1.29 is 14.2 Å². The van der Waals surface area contributed by atoms with Crippen LogP contribution < -0.4 is 4.74 Å². The van der Waals surface area contributed by atoms with Crippen molar-refractivity contribution in [1.29, 1.82) is 0 Å². The number of methoxy groups -OCH3 is 1. The molecule has 1 aromatic carbocycles. The predicted octanol–water partition coefficient (Wildman–Crippen LogP) is 3.26. The molecule has 21 heavy (non-hydrogen) atoms. The van der Waals surface area contributed by atoms with Crippen molar-refractivity contribution in [2.45, 2.75) is 38.7 Å². The highest BCUT2D eigenvalue weighted by molar-refractivity contribution is 7.05. The van der Waals surface area contributed by atoms with E-state index in [1.54, 1.807) is 12.1 Å². The number of aromatic nitrogens is 2. The third-order valence-corrected chi connectivity index (χ3v) is 4.00. The third-order valence-electron chi connectivity index (χ3n) is 3.17. The van der Waals surface area contributed by atoms with Crippen LogP contribution in [0, 0.1) is 5.82 Å². The molecule has 0 saturated heterocycles. The van der Waals surface area contributed by atoms with Gasteiger partial charge < -0.3 is 9.84 Å². The van der Waals surface area contributed by atoms with Crippen LogP contribution in [-0.2, 0) is 11.8 Å². The van der Waals surface area contributed by atoms with Gasteiger partial charge in [-0.25, -0.2) is 4.39 Å². The molecule has 0 fully saturated rings. The minimum atomic E-state index is -0.744. The number of rotatable bonds is 4. The number of aliphatic hydroxyl groups is 1. The molecule has 1 heterocycles. The second kappa shape index (κ2) is 6.07. The van der Waals surface area contributed by atoms with Crippen LogP contribution in [0.4, 0.5) is 4.39 Å². The van der Waals surface area contributed by atoms with E-state index in [9.17, 15) is 9.50 Å². The zero-order valence-electron chi connectivity index (χ0n) is 12.6. The van der Waals surface area contributed by atoms with E-state index in [0.717, 1.165) is 10.6 Å². The second-order valence-corrected chi connectivity index (χ2v) is 6.71. The Morgan fingerprint density at radius 2 is 2.10 bits per heavy atom. The minimum absolute atomic E-state index is 0.186. The Kier molecular flexibility index (Phi) is 4.58. The molecule has 1 unspecified atom stereocenters. The van der Waals surface area contributed by atoms with E-state index in [-0.39, 0.29) is 11.2 Å². The summed E-state index contributed by atoms with van der Waals surface area (Å²) < 4.78 is 22.5. The van der Waals surface area contributed by atoms with Crippen LogP contribution in [0.5, 0.6) is 5.75 Å². The Labute approximate surface area is 127 Å².